The van der Waals surface area contributed by atoms with E-state index in [1.165, 1.54) is 30.4 Å². The predicted molar refractivity (Wildman–Crippen MR) is 93.7 cm³/mol. The van der Waals surface area contributed by atoms with E-state index in [4.69, 9.17) is 0 Å². The molecule has 0 atom stereocenters. The third-order valence-electron chi connectivity index (χ3n) is 3.89. The SMILES string of the molecule is CN(CC(=O)Nc1ncccn1)C(=O)c1ccc(Br)c(F)c1C1CC1. The highest BCUT2D eigenvalue weighted by Gasteiger charge is 2.33. The molecule has 6 nitrogen and oxygen atoms in total. The molecular weight excluding hydrogens is 391 g/mol. The van der Waals surface area contributed by atoms with Crippen molar-refractivity contribution in [2.45, 2.75) is 18.8 Å². The molecule has 1 aromatic heterocycles. The molecular formula is C17H16BrFN4O2. The zero-order chi connectivity index (χ0) is 18.0. The number of rotatable bonds is 5. The quantitative estimate of drug-likeness (QED) is 0.827. The van der Waals surface area contributed by atoms with Crippen molar-refractivity contribution in [1.29, 1.82) is 0 Å². The van der Waals surface area contributed by atoms with E-state index in [0.717, 1.165) is 12.8 Å². The number of carbonyl (C=O) groups is 2. The third-order valence-corrected chi connectivity index (χ3v) is 4.51. The monoisotopic (exact) mass is 406 g/mol. The maximum atomic E-state index is 14.4. The fourth-order valence-corrected chi connectivity index (χ4v) is 2.89. The van der Waals surface area contributed by atoms with E-state index >= 15 is 0 Å². The van der Waals surface area contributed by atoms with Gasteiger partial charge in [-0.1, -0.05) is 0 Å². The molecule has 3 rings (SSSR count). The zero-order valence-electron chi connectivity index (χ0n) is 13.5. The van der Waals surface area contributed by atoms with Crippen molar-refractivity contribution in [2.75, 3.05) is 18.9 Å². The maximum Gasteiger partial charge on any atom is 0.254 e. The number of carbonyl (C=O) groups excluding carboxylic acids is 2. The van der Waals surface area contributed by atoms with E-state index in [9.17, 15) is 14.0 Å². The first kappa shape index (κ1) is 17.5. The van der Waals surface area contributed by atoms with Crippen LogP contribution in [-0.4, -0.2) is 40.3 Å². The van der Waals surface area contributed by atoms with Crippen LogP contribution in [0.2, 0.25) is 0 Å². The number of halogens is 2. The van der Waals surface area contributed by atoms with Crippen LogP contribution in [0.25, 0.3) is 0 Å². The van der Waals surface area contributed by atoms with Crippen LogP contribution in [0.5, 0.6) is 0 Å². The number of amides is 2. The van der Waals surface area contributed by atoms with Gasteiger partial charge in [0, 0.05) is 30.6 Å². The fraction of sp³-hybridized carbons (Fsp3) is 0.294. The normalized spacial score (nSPS) is 13.4. The Labute approximate surface area is 152 Å². The molecule has 0 saturated heterocycles. The first-order chi connectivity index (χ1) is 12.0. The molecule has 0 radical (unpaired) electrons. The van der Waals surface area contributed by atoms with E-state index < -0.39 is 17.6 Å². The molecule has 0 unspecified atom stereocenters. The number of nitrogens with zero attached hydrogens (tertiary/aromatic N) is 3. The van der Waals surface area contributed by atoms with Gasteiger partial charge >= 0.3 is 0 Å². The summed E-state index contributed by atoms with van der Waals surface area (Å²) in [6, 6.07) is 4.74. The van der Waals surface area contributed by atoms with Crippen LogP contribution in [0.1, 0.15) is 34.7 Å². The lowest BCUT2D eigenvalue weighted by Gasteiger charge is -2.19. The van der Waals surface area contributed by atoms with Gasteiger partial charge in [-0.3, -0.25) is 14.9 Å². The summed E-state index contributed by atoms with van der Waals surface area (Å²) in [5, 5.41) is 2.51. The largest absolute Gasteiger partial charge is 0.332 e. The second-order valence-electron chi connectivity index (χ2n) is 5.88. The van der Waals surface area contributed by atoms with Gasteiger partial charge in [0.2, 0.25) is 11.9 Å². The highest BCUT2D eigenvalue weighted by molar-refractivity contribution is 9.10. The molecule has 1 aliphatic rings. The second-order valence-corrected chi connectivity index (χ2v) is 6.73. The van der Waals surface area contributed by atoms with Gasteiger partial charge in [-0.15, -0.1) is 0 Å². The Bertz CT molecular complexity index is 812. The molecule has 2 amide bonds. The van der Waals surface area contributed by atoms with Crippen molar-refractivity contribution in [3.8, 4) is 0 Å². The van der Waals surface area contributed by atoms with Crippen molar-refractivity contribution in [3.05, 3.63) is 52.0 Å². The van der Waals surface area contributed by atoms with E-state index in [0.29, 0.717) is 15.6 Å². The molecule has 1 heterocycles. The van der Waals surface area contributed by atoms with Crippen LogP contribution in [0.4, 0.5) is 10.3 Å². The number of hydrogen-bond acceptors (Lipinski definition) is 4. The topological polar surface area (TPSA) is 75.2 Å². The number of nitrogens with one attached hydrogen (secondary N) is 1. The highest BCUT2D eigenvalue weighted by atomic mass is 79.9. The van der Waals surface area contributed by atoms with Crippen LogP contribution in [0, 0.1) is 5.82 Å². The standard InChI is InChI=1S/C17H16BrFN4O2/c1-23(9-13(24)22-17-20-7-2-8-21-17)16(25)11-5-6-12(18)15(19)14(11)10-3-4-10/h2,5-8,10H,3-4,9H2,1H3,(H,20,21,22,24). The second kappa shape index (κ2) is 7.26. The molecule has 1 aliphatic carbocycles. The summed E-state index contributed by atoms with van der Waals surface area (Å²) in [5.41, 5.74) is 0.729. The van der Waals surface area contributed by atoms with Gasteiger partial charge in [-0.05, 0) is 52.9 Å². The van der Waals surface area contributed by atoms with E-state index in [1.54, 1.807) is 12.1 Å². The minimum atomic E-state index is -0.424. The molecule has 1 fully saturated rings. The molecule has 1 saturated carbocycles. The molecule has 2 aromatic rings. The summed E-state index contributed by atoms with van der Waals surface area (Å²) >= 11 is 3.16. The molecule has 25 heavy (non-hydrogen) atoms. The highest BCUT2D eigenvalue weighted by Crippen LogP contribution is 2.44. The minimum Gasteiger partial charge on any atom is -0.332 e. The van der Waals surface area contributed by atoms with Crippen molar-refractivity contribution >= 4 is 33.7 Å². The Morgan fingerprint density at radius 1 is 1.32 bits per heavy atom. The van der Waals surface area contributed by atoms with Crippen LogP contribution in [0.3, 0.4) is 0 Å². The van der Waals surface area contributed by atoms with Crippen LogP contribution < -0.4 is 5.32 Å². The average Bonchev–Trinajstić information content (AvgIpc) is 3.42. The Morgan fingerprint density at radius 2 is 2.00 bits per heavy atom. The van der Waals surface area contributed by atoms with Gasteiger partial charge < -0.3 is 4.90 Å². The maximum absolute atomic E-state index is 14.4. The fourth-order valence-electron chi connectivity index (χ4n) is 2.54. The first-order valence-electron chi connectivity index (χ1n) is 7.77. The Kier molecular flexibility index (Phi) is 5.08. The number of anilines is 1. The minimum absolute atomic E-state index is 0.0661. The molecule has 0 spiro atoms. The number of likely N-dealkylation sites (N-methyl/N-ethyl adjacent to an activating group) is 1. The third kappa shape index (κ3) is 4.01. The summed E-state index contributed by atoms with van der Waals surface area (Å²) in [7, 11) is 1.50. The Balaban J connectivity index is 1.72. The van der Waals surface area contributed by atoms with E-state index in [2.05, 4.69) is 31.2 Å². The van der Waals surface area contributed by atoms with Gasteiger partial charge in [0.05, 0.1) is 11.0 Å². The first-order valence-corrected chi connectivity index (χ1v) is 8.57. The summed E-state index contributed by atoms with van der Waals surface area (Å²) in [6.07, 6.45) is 4.74. The van der Waals surface area contributed by atoms with Crippen LogP contribution >= 0.6 is 15.9 Å². The van der Waals surface area contributed by atoms with Crippen molar-refractivity contribution < 1.29 is 14.0 Å². The molecule has 0 bridgehead atoms. The molecule has 130 valence electrons. The van der Waals surface area contributed by atoms with Gasteiger partial charge in [0.25, 0.3) is 5.91 Å². The Hall–Kier alpha value is -2.35. The molecule has 1 aromatic carbocycles. The van der Waals surface area contributed by atoms with Crippen molar-refractivity contribution in [3.63, 3.8) is 0 Å². The predicted octanol–water partition coefficient (Wildman–Crippen LogP) is 2.97. The summed E-state index contributed by atoms with van der Waals surface area (Å²) < 4.78 is 14.8. The average molecular weight is 407 g/mol. The van der Waals surface area contributed by atoms with Gasteiger partial charge in [-0.2, -0.15) is 0 Å². The van der Waals surface area contributed by atoms with Gasteiger partial charge in [-0.25, -0.2) is 14.4 Å². The molecule has 0 aliphatic heterocycles. The number of benzene rings is 1. The Morgan fingerprint density at radius 3 is 2.64 bits per heavy atom. The number of aromatic nitrogens is 2. The van der Waals surface area contributed by atoms with Crippen LogP contribution in [-0.2, 0) is 4.79 Å². The number of hydrogen-bond donors (Lipinski definition) is 1. The summed E-state index contributed by atoms with van der Waals surface area (Å²) in [4.78, 5) is 33.8. The van der Waals surface area contributed by atoms with Gasteiger partial charge in [0.1, 0.15) is 5.82 Å². The van der Waals surface area contributed by atoms with Crippen molar-refractivity contribution in [2.24, 2.45) is 0 Å². The summed E-state index contributed by atoms with van der Waals surface area (Å²) in [6.45, 7) is -0.182. The summed E-state index contributed by atoms with van der Waals surface area (Å²) in [5.74, 6) is -0.980. The lowest BCUT2D eigenvalue weighted by molar-refractivity contribution is -0.116. The smallest absolute Gasteiger partial charge is 0.254 e. The van der Waals surface area contributed by atoms with E-state index in [-0.39, 0.29) is 18.4 Å². The van der Waals surface area contributed by atoms with E-state index in [1.807, 2.05) is 0 Å². The van der Waals surface area contributed by atoms with Crippen molar-refractivity contribution in [1.82, 2.24) is 14.9 Å². The lowest BCUT2D eigenvalue weighted by atomic mass is 10.0. The van der Waals surface area contributed by atoms with Gasteiger partial charge in [0.15, 0.2) is 0 Å². The lowest BCUT2D eigenvalue weighted by Crippen LogP contribution is -2.35. The zero-order valence-corrected chi connectivity index (χ0v) is 15.1. The molecule has 8 heteroatoms. The molecule has 1 N–H and O–H groups in total. The van der Waals surface area contributed by atoms with Crippen LogP contribution in [0.15, 0.2) is 35.1 Å².